The molecule has 0 spiro atoms. The molecule has 0 N–H and O–H groups in total. The minimum atomic E-state index is -0.558. The number of halogens is 2. The van der Waals surface area contributed by atoms with Gasteiger partial charge in [0.15, 0.2) is 5.82 Å². The van der Waals surface area contributed by atoms with Gasteiger partial charge >= 0.3 is 0 Å². The van der Waals surface area contributed by atoms with E-state index in [1.165, 1.54) is 18.2 Å². The number of imidazole rings is 1. The molecule has 7 heteroatoms. The summed E-state index contributed by atoms with van der Waals surface area (Å²) in [6, 6.07) is 10.0. The molecular formula is C21H16F2N4O. The van der Waals surface area contributed by atoms with E-state index in [2.05, 4.69) is 4.98 Å². The smallest absolute Gasteiger partial charge is 0.289 e. The number of fused-ring (bicyclic) bond motifs is 1. The van der Waals surface area contributed by atoms with Gasteiger partial charge in [-0.25, -0.2) is 13.8 Å². The molecule has 2 aromatic carbocycles. The van der Waals surface area contributed by atoms with Crippen molar-refractivity contribution >= 4 is 5.91 Å². The second-order valence-electron chi connectivity index (χ2n) is 6.50. The first-order valence-electron chi connectivity index (χ1n) is 8.88. The Hall–Kier alpha value is -3.53. The minimum Gasteiger partial charge on any atom is -0.334 e. The van der Waals surface area contributed by atoms with Gasteiger partial charge in [0.25, 0.3) is 5.91 Å². The summed E-state index contributed by atoms with van der Waals surface area (Å²) in [5, 5.41) is 9.30. The zero-order chi connectivity index (χ0) is 19.8. The third-order valence-corrected chi connectivity index (χ3v) is 4.96. The molecule has 1 amide bonds. The van der Waals surface area contributed by atoms with Gasteiger partial charge in [0, 0.05) is 36.3 Å². The van der Waals surface area contributed by atoms with Gasteiger partial charge in [0.05, 0.1) is 23.5 Å². The normalized spacial score (nSPS) is 13.4. The molecule has 28 heavy (non-hydrogen) atoms. The molecule has 0 unspecified atom stereocenters. The molecule has 1 aliphatic heterocycles. The van der Waals surface area contributed by atoms with Crippen LogP contribution in [-0.2, 0) is 6.54 Å². The predicted octanol–water partition coefficient (Wildman–Crippen LogP) is 3.84. The quantitative estimate of drug-likeness (QED) is 0.696. The molecule has 0 radical (unpaired) electrons. The average molecular weight is 378 g/mol. The van der Waals surface area contributed by atoms with Crippen molar-refractivity contribution in [3.05, 3.63) is 65.6 Å². The molecule has 2 heterocycles. The van der Waals surface area contributed by atoms with Gasteiger partial charge in [-0.1, -0.05) is 0 Å². The molecule has 0 fully saturated rings. The van der Waals surface area contributed by atoms with Crippen LogP contribution >= 0.6 is 0 Å². The fraction of sp³-hybridized carbons (Fsp3) is 0.190. The van der Waals surface area contributed by atoms with E-state index >= 15 is 0 Å². The van der Waals surface area contributed by atoms with E-state index in [-0.39, 0.29) is 22.6 Å². The fourth-order valence-electron chi connectivity index (χ4n) is 3.50. The second kappa shape index (κ2) is 6.89. The molecule has 4 rings (SSSR count). The van der Waals surface area contributed by atoms with Crippen LogP contribution in [0.5, 0.6) is 0 Å². The van der Waals surface area contributed by atoms with Crippen LogP contribution in [0.4, 0.5) is 8.78 Å². The highest BCUT2D eigenvalue weighted by Crippen LogP contribution is 2.32. The summed E-state index contributed by atoms with van der Waals surface area (Å²) in [6.45, 7) is 3.68. The summed E-state index contributed by atoms with van der Waals surface area (Å²) in [4.78, 5) is 18.4. The Morgan fingerprint density at radius 2 is 1.96 bits per heavy atom. The number of rotatable bonds is 3. The van der Waals surface area contributed by atoms with Gasteiger partial charge in [-0.3, -0.25) is 4.79 Å². The highest BCUT2D eigenvalue weighted by molar-refractivity contribution is 5.92. The third kappa shape index (κ3) is 2.83. The van der Waals surface area contributed by atoms with Gasteiger partial charge in [0.2, 0.25) is 0 Å². The molecule has 0 saturated heterocycles. The van der Waals surface area contributed by atoms with E-state index in [0.29, 0.717) is 36.7 Å². The zero-order valence-corrected chi connectivity index (χ0v) is 15.1. The molecule has 0 saturated carbocycles. The topological polar surface area (TPSA) is 61.9 Å². The number of aromatic nitrogens is 2. The van der Waals surface area contributed by atoms with Crippen LogP contribution in [-0.4, -0.2) is 33.4 Å². The van der Waals surface area contributed by atoms with Crippen molar-refractivity contribution in [2.75, 3.05) is 13.1 Å². The van der Waals surface area contributed by atoms with Crippen molar-refractivity contribution in [2.24, 2.45) is 0 Å². The van der Waals surface area contributed by atoms with E-state index in [4.69, 9.17) is 0 Å². The van der Waals surface area contributed by atoms with Crippen molar-refractivity contribution in [2.45, 2.75) is 13.5 Å². The maximum Gasteiger partial charge on any atom is 0.289 e. The number of carbonyl (C=O) groups is 1. The van der Waals surface area contributed by atoms with Crippen molar-refractivity contribution in [1.82, 2.24) is 14.5 Å². The highest BCUT2D eigenvalue weighted by Gasteiger charge is 2.27. The number of likely N-dealkylation sites (N-methyl/N-ethyl adjacent to an activating group) is 1. The summed E-state index contributed by atoms with van der Waals surface area (Å²) < 4.78 is 30.1. The van der Waals surface area contributed by atoms with E-state index in [1.54, 1.807) is 23.2 Å². The molecule has 5 nitrogen and oxygen atoms in total. The molecule has 3 aromatic rings. The van der Waals surface area contributed by atoms with Gasteiger partial charge in [-0.2, -0.15) is 5.26 Å². The van der Waals surface area contributed by atoms with Crippen LogP contribution in [0, 0.1) is 23.0 Å². The number of carbonyl (C=O) groups excluding carboxylic acids is 1. The van der Waals surface area contributed by atoms with E-state index in [0.717, 1.165) is 6.07 Å². The minimum absolute atomic E-state index is 0.126. The Balaban J connectivity index is 1.83. The standard InChI is InChI=1S/C21H16F2N4O/c1-2-26-7-8-27-19(12-25-20(27)21(26)28)13-4-6-18(23)17(9-13)16-10-15(22)5-3-14(16)11-24/h3-6,9-10,12H,2,7-8H2,1H3. The highest BCUT2D eigenvalue weighted by atomic mass is 19.1. The molecule has 0 bridgehead atoms. The summed E-state index contributed by atoms with van der Waals surface area (Å²) in [5.41, 5.74) is 1.81. The summed E-state index contributed by atoms with van der Waals surface area (Å²) in [7, 11) is 0. The van der Waals surface area contributed by atoms with Gasteiger partial charge in [-0.05, 0) is 43.3 Å². The van der Waals surface area contributed by atoms with Crippen molar-refractivity contribution in [3.63, 3.8) is 0 Å². The molecule has 1 aliphatic rings. The summed E-state index contributed by atoms with van der Waals surface area (Å²) in [5.74, 6) is -0.903. The molecule has 0 aliphatic carbocycles. The summed E-state index contributed by atoms with van der Waals surface area (Å²) >= 11 is 0. The van der Waals surface area contributed by atoms with Crippen molar-refractivity contribution < 1.29 is 13.6 Å². The van der Waals surface area contributed by atoms with Gasteiger partial charge < -0.3 is 9.47 Å². The Labute approximate surface area is 160 Å². The van der Waals surface area contributed by atoms with Crippen LogP contribution in [0.3, 0.4) is 0 Å². The lowest BCUT2D eigenvalue weighted by atomic mass is 9.97. The lowest BCUT2D eigenvalue weighted by Gasteiger charge is -2.27. The predicted molar refractivity (Wildman–Crippen MR) is 99.3 cm³/mol. The van der Waals surface area contributed by atoms with Crippen molar-refractivity contribution in [3.8, 4) is 28.5 Å². The number of nitriles is 1. The SMILES string of the molecule is CCN1CCn2c(-c3ccc(F)c(-c4cc(F)ccc4C#N)c3)cnc2C1=O. The van der Waals surface area contributed by atoms with E-state index < -0.39 is 11.6 Å². The second-order valence-corrected chi connectivity index (χ2v) is 6.50. The third-order valence-electron chi connectivity index (χ3n) is 4.96. The Kier molecular flexibility index (Phi) is 4.40. The first-order chi connectivity index (χ1) is 13.5. The lowest BCUT2D eigenvalue weighted by Crippen LogP contribution is -2.40. The summed E-state index contributed by atoms with van der Waals surface area (Å²) in [6.07, 6.45) is 1.58. The van der Waals surface area contributed by atoms with Crippen LogP contribution in [0.1, 0.15) is 23.1 Å². The molecule has 0 atom stereocenters. The maximum absolute atomic E-state index is 14.5. The molecule has 140 valence electrons. The Morgan fingerprint density at radius 3 is 2.71 bits per heavy atom. The molecular weight excluding hydrogens is 362 g/mol. The van der Waals surface area contributed by atoms with Crippen LogP contribution < -0.4 is 0 Å². The number of hydrogen-bond donors (Lipinski definition) is 0. The van der Waals surface area contributed by atoms with Crippen LogP contribution in [0.2, 0.25) is 0 Å². The van der Waals surface area contributed by atoms with Gasteiger partial charge in [-0.15, -0.1) is 0 Å². The van der Waals surface area contributed by atoms with Crippen LogP contribution in [0.25, 0.3) is 22.4 Å². The first kappa shape index (κ1) is 17.9. The maximum atomic E-state index is 14.5. The number of nitrogens with zero attached hydrogens (tertiary/aromatic N) is 4. The first-order valence-corrected chi connectivity index (χ1v) is 8.88. The Morgan fingerprint density at radius 1 is 1.14 bits per heavy atom. The molecule has 1 aromatic heterocycles. The fourth-order valence-corrected chi connectivity index (χ4v) is 3.50. The zero-order valence-electron chi connectivity index (χ0n) is 15.1. The van der Waals surface area contributed by atoms with Gasteiger partial charge in [0.1, 0.15) is 11.6 Å². The number of amides is 1. The largest absolute Gasteiger partial charge is 0.334 e. The number of hydrogen-bond acceptors (Lipinski definition) is 3. The number of benzene rings is 2. The van der Waals surface area contributed by atoms with Crippen LogP contribution in [0.15, 0.2) is 42.6 Å². The monoisotopic (exact) mass is 378 g/mol. The van der Waals surface area contributed by atoms with Crippen molar-refractivity contribution in [1.29, 1.82) is 5.26 Å². The van der Waals surface area contributed by atoms with E-state index in [1.807, 2.05) is 17.6 Å². The average Bonchev–Trinajstić information content (AvgIpc) is 3.14. The van der Waals surface area contributed by atoms with E-state index in [9.17, 15) is 18.8 Å². The lowest BCUT2D eigenvalue weighted by molar-refractivity contribution is 0.0707. The Bertz CT molecular complexity index is 1130.